The van der Waals surface area contributed by atoms with Crippen molar-refractivity contribution in [1.29, 1.82) is 0 Å². The van der Waals surface area contributed by atoms with Crippen LogP contribution in [0.3, 0.4) is 0 Å². The summed E-state index contributed by atoms with van der Waals surface area (Å²) in [5, 5.41) is 0.413. The zero-order valence-electron chi connectivity index (χ0n) is 19.0. The van der Waals surface area contributed by atoms with Gasteiger partial charge < -0.3 is 14.1 Å². The van der Waals surface area contributed by atoms with Gasteiger partial charge in [0.1, 0.15) is 11.3 Å². The smallest absolute Gasteiger partial charge is 0.290 e. The third-order valence-electron chi connectivity index (χ3n) is 6.05. The van der Waals surface area contributed by atoms with Crippen LogP contribution in [0.1, 0.15) is 40.6 Å². The van der Waals surface area contributed by atoms with E-state index in [1.807, 2.05) is 45.0 Å². The first-order valence-corrected chi connectivity index (χ1v) is 12.8. The van der Waals surface area contributed by atoms with Crippen LogP contribution in [0.15, 0.2) is 51.7 Å². The standard InChI is InChI=1S/C25H27NO6S/c1-4-31-20-7-5-18(6-8-20)14-26(19-9-10-33(29,30)15-19)25(28)24-13-22(27)21-11-16(2)17(3)12-23(21)32-24/h5-8,11-13,19H,4,9-10,14-15H2,1-3H3. The minimum absolute atomic E-state index is 0.0326. The molecule has 1 aliphatic heterocycles. The molecule has 2 heterocycles. The van der Waals surface area contributed by atoms with Crippen molar-refractivity contribution in [1.82, 2.24) is 4.90 Å². The molecule has 0 radical (unpaired) electrons. The summed E-state index contributed by atoms with van der Waals surface area (Å²) in [4.78, 5) is 27.8. The number of ether oxygens (including phenoxy) is 1. The molecule has 8 heteroatoms. The van der Waals surface area contributed by atoms with Gasteiger partial charge in [0.25, 0.3) is 5.91 Å². The SMILES string of the molecule is CCOc1ccc(CN(C(=O)c2cc(=O)c3cc(C)c(C)cc3o2)C2CCS(=O)(=O)C2)cc1. The van der Waals surface area contributed by atoms with Crippen LogP contribution in [0.25, 0.3) is 11.0 Å². The summed E-state index contributed by atoms with van der Waals surface area (Å²) in [5.41, 5.74) is 2.77. The van der Waals surface area contributed by atoms with Crippen LogP contribution in [0.2, 0.25) is 0 Å². The molecule has 174 valence electrons. The Morgan fingerprint density at radius 1 is 1.12 bits per heavy atom. The maximum absolute atomic E-state index is 13.5. The van der Waals surface area contributed by atoms with Crippen LogP contribution >= 0.6 is 0 Å². The number of carbonyl (C=O) groups excluding carboxylic acids is 1. The Morgan fingerprint density at radius 2 is 1.82 bits per heavy atom. The van der Waals surface area contributed by atoms with Crippen LogP contribution in [-0.2, 0) is 16.4 Å². The van der Waals surface area contributed by atoms with Gasteiger partial charge >= 0.3 is 0 Å². The number of sulfone groups is 1. The molecule has 0 spiro atoms. The molecule has 1 saturated heterocycles. The van der Waals surface area contributed by atoms with E-state index in [2.05, 4.69) is 0 Å². The molecule has 0 bridgehead atoms. The lowest BCUT2D eigenvalue weighted by Gasteiger charge is -2.28. The number of rotatable bonds is 6. The Bertz CT molecular complexity index is 1360. The van der Waals surface area contributed by atoms with E-state index in [1.54, 1.807) is 12.1 Å². The van der Waals surface area contributed by atoms with Crippen molar-refractivity contribution >= 4 is 26.7 Å². The fraction of sp³-hybridized carbons (Fsp3) is 0.360. The number of amides is 1. The summed E-state index contributed by atoms with van der Waals surface area (Å²) >= 11 is 0. The summed E-state index contributed by atoms with van der Waals surface area (Å²) in [6.07, 6.45) is 0.348. The summed E-state index contributed by atoms with van der Waals surface area (Å²) < 4.78 is 35.6. The van der Waals surface area contributed by atoms with Crippen molar-refractivity contribution in [3.63, 3.8) is 0 Å². The second kappa shape index (κ2) is 9.02. The number of aryl methyl sites for hydroxylation is 2. The van der Waals surface area contributed by atoms with Gasteiger partial charge in [-0.1, -0.05) is 12.1 Å². The monoisotopic (exact) mass is 469 g/mol. The first-order valence-electron chi connectivity index (χ1n) is 10.9. The third kappa shape index (κ3) is 4.95. The highest BCUT2D eigenvalue weighted by Crippen LogP contribution is 2.25. The van der Waals surface area contributed by atoms with Gasteiger partial charge in [0.05, 0.1) is 23.5 Å². The highest BCUT2D eigenvalue weighted by molar-refractivity contribution is 7.91. The van der Waals surface area contributed by atoms with Crippen LogP contribution in [0.4, 0.5) is 0 Å². The maximum Gasteiger partial charge on any atom is 0.290 e. The van der Waals surface area contributed by atoms with Gasteiger partial charge in [-0.3, -0.25) is 9.59 Å². The van der Waals surface area contributed by atoms with E-state index < -0.39 is 21.8 Å². The maximum atomic E-state index is 13.5. The molecule has 1 amide bonds. The van der Waals surface area contributed by atoms with Gasteiger partial charge in [-0.2, -0.15) is 0 Å². The quantitative estimate of drug-likeness (QED) is 0.547. The lowest BCUT2D eigenvalue weighted by molar-refractivity contribution is 0.0648. The van der Waals surface area contributed by atoms with Crippen molar-refractivity contribution in [3.05, 3.63) is 75.1 Å². The minimum atomic E-state index is -3.22. The Hall–Kier alpha value is -3.13. The topological polar surface area (TPSA) is 93.9 Å². The summed E-state index contributed by atoms with van der Waals surface area (Å²) in [6.45, 7) is 6.45. The number of hydrogen-bond donors (Lipinski definition) is 0. The van der Waals surface area contributed by atoms with Crippen LogP contribution < -0.4 is 10.2 Å². The molecular weight excluding hydrogens is 442 g/mol. The van der Waals surface area contributed by atoms with Gasteiger partial charge in [-0.25, -0.2) is 8.42 Å². The molecule has 0 N–H and O–H groups in total. The van der Waals surface area contributed by atoms with E-state index in [0.29, 0.717) is 29.7 Å². The molecule has 4 rings (SSSR count). The Balaban J connectivity index is 1.71. The molecule has 33 heavy (non-hydrogen) atoms. The van der Waals surface area contributed by atoms with Gasteiger partial charge in [0, 0.05) is 18.7 Å². The largest absolute Gasteiger partial charge is 0.494 e. The average Bonchev–Trinajstić information content (AvgIpc) is 3.13. The molecular formula is C25H27NO6S. The minimum Gasteiger partial charge on any atom is -0.494 e. The normalized spacial score (nSPS) is 17.2. The van der Waals surface area contributed by atoms with E-state index in [9.17, 15) is 18.0 Å². The molecule has 0 aliphatic carbocycles. The highest BCUT2D eigenvalue weighted by atomic mass is 32.2. The fourth-order valence-electron chi connectivity index (χ4n) is 4.10. The van der Waals surface area contributed by atoms with Gasteiger partial charge in [-0.15, -0.1) is 0 Å². The lowest BCUT2D eigenvalue weighted by atomic mass is 10.1. The zero-order valence-corrected chi connectivity index (χ0v) is 19.8. The number of nitrogens with zero attached hydrogens (tertiary/aromatic N) is 1. The molecule has 1 aliphatic rings. The van der Waals surface area contributed by atoms with E-state index in [4.69, 9.17) is 9.15 Å². The number of benzene rings is 2. The molecule has 0 saturated carbocycles. The van der Waals surface area contributed by atoms with E-state index in [0.717, 1.165) is 16.7 Å². The van der Waals surface area contributed by atoms with E-state index in [1.165, 1.54) is 11.0 Å². The second-order valence-electron chi connectivity index (χ2n) is 8.47. The van der Waals surface area contributed by atoms with Crippen molar-refractivity contribution in [2.24, 2.45) is 0 Å². The lowest BCUT2D eigenvalue weighted by Crippen LogP contribution is -2.40. The number of fused-ring (bicyclic) bond motifs is 1. The average molecular weight is 470 g/mol. The first-order chi connectivity index (χ1) is 15.7. The molecule has 1 aromatic heterocycles. The Labute approximate surface area is 192 Å². The Morgan fingerprint density at radius 3 is 2.45 bits per heavy atom. The number of carbonyl (C=O) groups is 1. The Kier molecular flexibility index (Phi) is 6.30. The van der Waals surface area contributed by atoms with E-state index >= 15 is 0 Å². The summed E-state index contributed by atoms with van der Waals surface area (Å²) in [6, 6.07) is 11.5. The first kappa shape index (κ1) is 23.0. The van der Waals surface area contributed by atoms with Gasteiger partial charge in [0.15, 0.2) is 21.0 Å². The zero-order chi connectivity index (χ0) is 23.8. The molecule has 2 aromatic carbocycles. The molecule has 1 fully saturated rings. The summed E-state index contributed by atoms with van der Waals surface area (Å²) in [7, 11) is -3.22. The second-order valence-corrected chi connectivity index (χ2v) is 10.7. The summed E-state index contributed by atoms with van der Waals surface area (Å²) in [5.74, 6) is 0.0551. The van der Waals surface area contributed by atoms with Gasteiger partial charge in [-0.05, 0) is 68.1 Å². The van der Waals surface area contributed by atoms with Crippen LogP contribution in [0.5, 0.6) is 5.75 Å². The van der Waals surface area contributed by atoms with Crippen molar-refractivity contribution < 1.29 is 22.4 Å². The van der Waals surface area contributed by atoms with Crippen LogP contribution in [0, 0.1) is 13.8 Å². The van der Waals surface area contributed by atoms with Crippen LogP contribution in [-0.4, -0.2) is 43.4 Å². The predicted octanol–water partition coefficient (Wildman–Crippen LogP) is 3.64. The van der Waals surface area contributed by atoms with Crippen molar-refractivity contribution in [2.45, 2.75) is 39.8 Å². The third-order valence-corrected chi connectivity index (χ3v) is 7.80. The van der Waals surface area contributed by atoms with Gasteiger partial charge in [0.2, 0.25) is 0 Å². The predicted molar refractivity (Wildman–Crippen MR) is 127 cm³/mol. The van der Waals surface area contributed by atoms with Crippen molar-refractivity contribution in [3.8, 4) is 5.75 Å². The molecule has 1 atom stereocenters. The fourth-order valence-corrected chi connectivity index (χ4v) is 5.83. The number of hydrogen-bond acceptors (Lipinski definition) is 6. The van der Waals surface area contributed by atoms with E-state index in [-0.39, 0.29) is 29.2 Å². The molecule has 3 aromatic rings. The highest BCUT2D eigenvalue weighted by Gasteiger charge is 2.36. The van der Waals surface area contributed by atoms with Crippen molar-refractivity contribution in [2.75, 3.05) is 18.1 Å². The molecule has 1 unspecified atom stereocenters. The molecule has 7 nitrogen and oxygen atoms in total.